The van der Waals surface area contributed by atoms with E-state index in [0.717, 1.165) is 10.6 Å². The third kappa shape index (κ3) is 1.07. The van der Waals surface area contributed by atoms with Gasteiger partial charge < -0.3 is 21.3 Å². The summed E-state index contributed by atoms with van der Waals surface area (Å²) in [5.41, 5.74) is 6.15. The molecule has 1 aliphatic heterocycles. The summed E-state index contributed by atoms with van der Waals surface area (Å²) < 4.78 is 0. The zero-order valence-corrected chi connectivity index (χ0v) is 6.93. The van der Waals surface area contributed by atoms with E-state index in [1.165, 1.54) is 23.9 Å². The molecule has 5 N–H and O–H groups in total. The van der Waals surface area contributed by atoms with E-state index >= 15 is 0 Å². The molecule has 0 radical (unpaired) electrons. The second kappa shape index (κ2) is 2.46. The van der Waals surface area contributed by atoms with Crippen molar-refractivity contribution in [1.82, 2.24) is 0 Å². The first-order chi connectivity index (χ1) is 5.66. The van der Waals surface area contributed by atoms with Crippen LogP contribution in [0, 0.1) is 0 Å². The molecule has 64 valence electrons. The Balaban J connectivity index is 2.48. The molecular formula is C7H8N2O2S. The Kier molecular flexibility index (Phi) is 1.55. The summed E-state index contributed by atoms with van der Waals surface area (Å²) in [5.74, 6) is -0.242. The Labute approximate surface area is 73.4 Å². The zero-order valence-electron chi connectivity index (χ0n) is 6.11. The van der Waals surface area contributed by atoms with Gasteiger partial charge in [-0.15, -0.1) is 0 Å². The van der Waals surface area contributed by atoms with Crippen LogP contribution in [-0.2, 0) is 0 Å². The highest BCUT2D eigenvalue weighted by Crippen LogP contribution is 2.42. The smallest absolute Gasteiger partial charge is 0.159 e. The molecule has 1 aromatic rings. The van der Waals surface area contributed by atoms with Crippen molar-refractivity contribution < 1.29 is 10.2 Å². The lowest BCUT2D eigenvalue weighted by atomic mass is 10.3. The van der Waals surface area contributed by atoms with Crippen molar-refractivity contribution in [3.8, 4) is 11.5 Å². The molecule has 0 spiro atoms. The van der Waals surface area contributed by atoms with Gasteiger partial charge in [0.1, 0.15) is 5.50 Å². The third-order valence-electron chi connectivity index (χ3n) is 1.63. The van der Waals surface area contributed by atoms with Crippen LogP contribution in [0.25, 0.3) is 0 Å². The van der Waals surface area contributed by atoms with Gasteiger partial charge in [0, 0.05) is 11.0 Å². The number of nitrogens with two attached hydrogens (primary N) is 1. The van der Waals surface area contributed by atoms with Crippen LogP contribution in [0.15, 0.2) is 17.0 Å². The van der Waals surface area contributed by atoms with Crippen molar-refractivity contribution in [3.63, 3.8) is 0 Å². The van der Waals surface area contributed by atoms with E-state index in [4.69, 9.17) is 15.9 Å². The number of thioether (sulfide) groups is 1. The Hall–Kier alpha value is -1.07. The summed E-state index contributed by atoms with van der Waals surface area (Å²) in [4.78, 5) is 0.859. The zero-order chi connectivity index (χ0) is 8.72. The molecule has 4 nitrogen and oxygen atoms in total. The molecule has 1 heterocycles. The Morgan fingerprint density at radius 2 is 2.00 bits per heavy atom. The van der Waals surface area contributed by atoms with Gasteiger partial charge in [0.2, 0.25) is 0 Å². The van der Waals surface area contributed by atoms with Gasteiger partial charge in [-0.1, -0.05) is 11.8 Å². The van der Waals surface area contributed by atoms with Crippen molar-refractivity contribution in [2.75, 3.05) is 5.32 Å². The minimum Gasteiger partial charge on any atom is -0.504 e. The van der Waals surface area contributed by atoms with Crippen LogP contribution in [0.3, 0.4) is 0 Å². The second-order valence-electron chi connectivity index (χ2n) is 2.52. The molecule has 1 aliphatic rings. The topological polar surface area (TPSA) is 78.5 Å². The van der Waals surface area contributed by atoms with Gasteiger partial charge in [0.25, 0.3) is 0 Å². The van der Waals surface area contributed by atoms with Crippen LogP contribution in [0.2, 0.25) is 0 Å². The molecule has 2 rings (SSSR count). The number of nitrogens with one attached hydrogen (secondary N) is 1. The van der Waals surface area contributed by atoms with E-state index in [9.17, 15) is 0 Å². The molecule has 1 aromatic carbocycles. The first kappa shape index (κ1) is 7.57. The summed E-state index contributed by atoms with van der Waals surface area (Å²) in [6.07, 6.45) is 0. The van der Waals surface area contributed by atoms with Gasteiger partial charge in [-0.25, -0.2) is 0 Å². The molecule has 0 fully saturated rings. The highest BCUT2D eigenvalue weighted by Gasteiger charge is 2.19. The highest BCUT2D eigenvalue weighted by atomic mass is 32.2. The number of rotatable bonds is 0. The van der Waals surface area contributed by atoms with Crippen molar-refractivity contribution in [2.45, 2.75) is 10.4 Å². The van der Waals surface area contributed by atoms with Crippen molar-refractivity contribution in [1.29, 1.82) is 0 Å². The number of hydrogen-bond donors (Lipinski definition) is 4. The maximum absolute atomic E-state index is 9.14. The predicted molar refractivity (Wildman–Crippen MR) is 47.2 cm³/mol. The van der Waals surface area contributed by atoms with Crippen LogP contribution in [0.4, 0.5) is 5.69 Å². The molecule has 0 aromatic heterocycles. The summed E-state index contributed by atoms with van der Waals surface area (Å²) in [6, 6.07) is 2.96. The maximum atomic E-state index is 9.14. The standard InChI is InChI=1S/C7H8N2O2S/c8-7-9-3-1-4(10)5(11)2-6(3)12-7/h1-2,7,9-11H,8H2. The van der Waals surface area contributed by atoms with Crippen LogP contribution in [-0.4, -0.2) is 15.7 Å². The average Bonchev–Trinajstić information content (AvgIpc) is 2.30. The molecule has 1 atom stereocenters. The fourth-order valence-electron chi connectivity index (χ4n) is 1.09. The molecule has 12 heavy (non-hydrogen) atoms. The van der Waals surface area contributed by atoms with Gasteiger partial charge in [-0.05, 0) is 6.07 Å². The Morgan fingerprint density at radius 1 is 1.33 bits per heavy atom. The number of anilines is 1. The molecule has 5 heteroatoms. The van der Waals surface area contributed by atoms with Crippen LogP contribution in [0.5, 0.6) is 11.5 Å². The number of fused-ring (bicyclic) bond motifs is 1. The number of phenols is 2. The fourth-order valence-corrected chi connectivity index (χ4v) is 1.97. The lowest BCUT2D eigenvalue weighted by Crippen LogP contribution is -2.20. The summed E-state index contributed by atoms with van der Waals surface area (Å²) in [6.45, 7) is 0. The van der Waals surface area contributed by atoms with E-state index in [1.54, 1.807) is 0 Å². The molecule has 0 saturated heterocycles. The van der Waals surface area contributed by atoms with Gasteiger partial charge in [-0.3, -0.25) is 0 Å². The largest absolute Gasteiger partial charge is 0.504 e. The van der Waals surface area contributed by atoms with E-state index in [0.29, 0.717) is 0 Å². The van der Waals surface area contributed by atoms with Crippen LogP contribution in [0.1, 0.15) is 0 Å². The van der Waals surface area contributed by atoms with Crippen molar-refractivity contribution >= 4 is 17.4 Å². The lowest BCUT2D eigenvalue weighted by Gasteiger charge is -2.01. The van der Waals surface area contributed by atoms with Gasteiger partial charge in [-0.2, -0.15) is 0 Å². The minimum absolute atomic E-state index is 0.114. The van der Waals surface area contributed by atoms with Crippen molar-refractivity contribution in [3.05, 3.63) is 12.1 Å². The average molecular weight is 184 g/mol. The maximum Gasteiger partial charge on any atom is 0.159 e. The second-order valence-corrected chi connectivity index (χ2v) is 3.70. The number of aromatic hydroxyl groups is 2. The quantitative estimate of drug-likeness (QED) is 0.355. The molecule has 0 aliphatic carbocycles. The van der Waals surface area contributed by atoms with E-state index < -0.39 is 0 Å². The lowest BCUT2D eigenvalue weighted by molar-refractivity contribution is 0.403. The predicted octanol–water partition coefficient (Wildman–Crippen LogP) is 0.858. The monoisotopic (exact) mass is 184 g/mol. The third-order valence-corrected chi connectivity index (χ3v) is 2.59. The molecule has 1 unspecified atom stereocenters. The van der Waals surface area contributed by atoms with Crippen LogP contribution < -0.4 is 11.1 Å². The SMILES string of the molecule is NC1Nc2cc(O)c(O)cc2S1. The number of phenolic OH excluding ortho intramolecular Hbond substituents is 2. The summed E-state index contributed by atoms with van der Waals surface area (Å²) in [7, 11) is 0. The van der Waals surface area contributed by atoms with Gasteiger partial charge in [0.05, 0.1) is 5.69 Å². The Bertz CT molecular complexity index is 298. The minimum atomic E-state index is -0.193. The van der Waals surface area contributed by atoms with E-state index in [1.807, 2.05) is 0 Å². The van der Waals surface area contributed by atoms with Gasteiger partial charge >= 0.3 is 0 Å². The normalized spacial score (nSPS) is 20.2. The summed E-state index contributed by atoms with van der Waals surface area (Å²) >= 11 is 1.41. The number of hydrogen-bond acceptors (Lipinski definition) is 5. The molecule has 0 amide bonds. The van der Waals surface area contributed by atoms with Crippen molar-refractivity contribution in [2.24, 2.45) is 5.73 Å². The van der Waals surface area contributed by atoms with E-state index in [-0.39, 0.29) is 17.0 Å². The molecule has 0 bridgehead atoms. The highest BCUT2D eigenvalue weighted by molar-refractivity contribution is 8.00. The van der Waals surface area contributed by atoms with Gasteiger partial charge in [0.15, 0.2) is 11.5 Å². The first-order valence-electron chi connectivity index (χ1n) is 3.41. The first-order valence-corrected chi connectivity index (χ1v) is 4.29. The van der Waals surface area contributed by atoms with E-state index in [2.05, 4.69) is 5.32 Å². The fraction of sp³-hybridized carbons (Fsp3) is 0.143. The van der Waals surface area contributed by atoms with Crippen LogP contribution >= 0.6 is 11.8 Å². The Morgan fingerprint density at radius 3 is 2.75 bits per heavy atom. The number of benzene rings is 1. The summed E-state index contributed by atoms with van der Waals surface area (Å²) in [5, 5.41) is 21.2. The molecular weight excluding hydrogens is 176 g/mol. The molecule has 0 saturated carbocycles.